The third-order valence-corrected chi connectivity index (χ3v) is 8.12. The first-order chi connectivity index (χ1) is 18.2. The van der Waals surface area contributed by atoms with E-state index in [1.54, 1.807) is 12.4 Å². The van der Waals surface area contributed by atoms with Gasteiger partial charge in [-0.15, -0.1) is 11.3 Å². The molecule has 0 aliphatic carbocycles. The summed E-state index contributed by atoms with van der Waals surface area (Å²) >= 11 is 1.45. The van der Waals surface area contributed by atoms with Crippen LogP contribution in [0.3, 0.4) is 0 Å². The average Bonchev–Trinajstić information content (AvgIpc) is 3.64. The molecular formula is C28H34N8OS. The lowest BCUT2D eigenvalue weighted by molar-refractivity contribution is 0.0954. The van der Waals surface area contributed by atoms with Crippen molar-refractivity contribution in [2.75, 3.05) is 25.5 Å². The molecule has 1 fully saturated rings. The Balaban J connectivity index is 1.23. The van der Waals surface area contributed by atoms with Crippen molar-refractivity contribution < 1.29 is 4.79 Å². The third-order valence-electron chi connectivity index (χ3n) is 6.70. The van der Waals surface area contributed by atoms with Crippen molar-refractivity contribution in [3.05, 3.63) is 70.1 Å². The summed E-state index contributed by atoms with van der Waals surface area (Å²) in [6.07, 6.45) is 8.36. The van der Waals surface area contributed by atoms with Crippen LogP contribution in [-0.2, 0) is 12.0 Å². The number of nitrogens with one attached hydrogen (secondary N) is 2. The average molecular weight is 531 g/mol. The molecule has 4 aromatic rings. The molecule has 1 aliphatic heterocycles. The minimum absolute atomic E-state index is 0.0687. The molecule has 0 bridgehead atoms. The second kappa shape index (κ2) is 10.6. The SMILES string of the molecule is Cc1cc(-c2ccnc(Nc3cnn([C@H]4CCN(C)C4)c3)n2)ccc1CNC(=O)c1cnc(C(C)(C)C)s1. The minimum atomic E-state index is -0.101. The van der Waals surface area contributed by atoms with Gasteiger partial charge in [-0.05, 0) is 50.2 Å². The molecule has 2 N–H and O–H groups in total. The molecule has 4 heterocycles. The maximum atomic E-state index is 12.7. The van der Waals surface area contributed by atoms with Crippen molar-refractivity contribution >= 4 is 28.9 Å². The first-order valence-corrected chi connectivity index (χ1v) is 13.6. The Bertz CT molecular complexity index is 1440. The second-order valence-electron chi connectivity index (χ2n) is 10.9. The number of hydrogen-bond donors (Lipinski definition) is 2. The normalized spacial score (nSPS) is 16.1. The maximum absolute atomic E-state index is 12.7. The molecule has 1 saturated heterocycles. The number of hydrogen-bond acceptors (Lipinski definition) is 8. The van der Waals surface area contributed by atoms with E-state index in [9.17, 15) is 4.79 Å². The van der Waals surface area contributed by atoms with Gasteiger partial charge in [0.1, 0.15) is 4.88 Å². The summed E-state index contributed by atoms with van der Waals surface area (Å²) in [5.41, 5.74) is 4.75. The summed E-state index contributed by atoms with van der Waals surface area (Å²) in [5.74, 6) is 0.426. The van der Waals surface area contributed by atoms with Crippen LogP contribution >= 0.6 is 11.3 Å². The van der Waals surface area contributed by atoms with Crippen molar-refractivity contribution in [1.29, 1.82) is 0 Å². The van der Waals surface area contributed by atoms with E-state index in [0.717, 1.165) is 52.6 Å². The number of anilines is 2. The van der Waals surface area contributed by atoms with E-state index < -0.39 is 0 Å². The highest BCUT2D eigenvalue weighted by Crippen LogP contribution is 2.27. The van der Waals surface area contributed by atoms with E-state index in [1.165, 1.54) is 11.3 Å². The van der Waals surface area contributed by atoms with Gasteiger partial charge in [-0.2, -0.15) is 5.10 Å². The molecule has 1 amide bonds. The third kappa shape index (κ3) is 5.92. The van der Waals surface area contributed by atoms with Crippen LogP contribution in [0.5, 0.6) is 0 Å². The molecule has 1 aliphatic rings. The number of carbonyl (C=O) groups is 1. The zero-order chi connectivity index (χ0) is 26.9. The Hall–Kier alpha value is -3.63. The van der Waals surface area contributed by atoms with Crippen LogP contribution in [0, 0.1) is 6.92 Å². The van der Waals surface area contributed by atoms with Crippen molar-refractivity contribution in [3.8, 4) is 11.3 Å². The van der Waals surface area contributed by atoms with E-state index >= 15 is 0 Å². The number of thiazole rings is 1. The predicted octanol–water partition coefficient (Wildman–Crippen LogP) is 4.95. The van der Waals surface area contributed by atoms with E-state index in [-0.39, 0.29) is 11.3 Å². The number of carbonyl (C=O) groups excluding carboxylic acids is 1. The van der Waals surface area contributed by atoms with E-state index in [1.807, 2.05) is 42.2 Å². The standard InChI is InChI=1S/C28H34N8OS/c1-18-12-19(6-7-20(18)13-30-25(37)24-15-31-26(38-24)28(2,3)4)23-8-10-29-27(34-23)33-21-14-32-36(16-21)22-9-11-35(5)17-22/h6-8,10,12,14-16,22H,9,11,13,17H2,1-5H3,(H,30,37)(H,29,33,34)/t22-/m0/s1. The zero-order valence-corrected chi connectivity index (χ0v) is 23.3. The highest BCUT2D eigenvalue weighted by Gasteiger charge is 2.22. The summed E-state index contributed by atoms with van der Waals surface area (Å²) < 4.78 is 2.02. The lowest BCUT2D eigenvalue weighted by Crippen LogP contribution is -2.22. The van der Waals surface area contributed by atoms with Gasteiger partial charge >= 0.3 is 0 Å². The molecule has 5 rings (SSSR count). The lowest BCUT2D eigenvalue weighted by atomic mass is 9.98. The number of likely N-dealkylation sites (tertiary alicyclic amines) is 1. The van der Waals surface area contributed by atoms with Crippen LogP contribution in [0.25, 0.3) is 11.3 Å². The fraction of sp³-hybridized carbons (Fsp3) is 0.393. The van der Waals surface area contributed by atoms with Crippen LogP contribution < -0.4 is 10.6 Å². The van der Waals surface area contributed by atoms with Crippen LogP contribution in [-0.4, -0.2) is 55.7 Å². The van der Waals surface area contributed by atoms with Gasteiger partial charge in [0.2, 0.25) is 5.95 Å². The van der Waals surface area contributed by atoms with Gasteiger partial charge in [0, 0.05) is 36.5 Å². The largest absolute Gasteiger partial charge is 0.347 e. The number of rotatable bonds is 7. The minimum Gasteiger partial charge on any atom is -0.347 e. The predicted molar refractivity (Wildman–Crippen MR) is 151 cm³/mol. The summed E-state index contributed by atoms with van der Waals surface area (Å²) in [4.78, 5) is 29.1. The molecule has 1 aromatic carbocycles. The molecule has 1 atom stereocenters. The number of likely N-dealkylation sites (N-methyl/N-ethyl adjacent to an activating group) is 1. The number of nitrogens with zero attached hydrogens (tertiary/aromatic N) is 6. The number of amides is 1. The van der Waals surface area contributed by atoms with Gasteiger partial charge in [0.25, 0.3) is 5.91 Å². The van der Waals surface area contributed by atoms with Crippen LogP contribution in [0.2, 0.25) is 0 Å². The van der Waals surface area contributed by atoms with Gasteiger partial charge in [0.15, 0.2) is 0 Å². The van der Waals surface area contributed by atoms with Gasteiger partial charge in [-0.1, -0.05) is 32.9 Å². The fourth-order valence-corrected chi connectivity index (χ4v) is 5.37. The van der Waals surface area contributed by atoms with E-state index in [4.69, 9.17) is 4.98 Å². The Morgan fingerprint density at radius 3 is 2.74 bits per heavy atom. The van der Waals surface area contributed by atoms with Gasteiger partial charge in [0.05, 0.1) is 34.8 Å². The summed E-state index contributed by atoms with van der Waals surface area (Å²) in [7, 11) is 2.14. The summed E-state index contributed by atoms with van der Waals surface area (Å²) in [5, 5.41) is 11.8. The first-order valence-electron chi connectivity index (χ1n) is 12.8. The van der Waals surface area contributed by atoms with Crippen LogP contribution in [0.1, 0.15) is 59.0 Å². The molecule has 0 unspecified atom stereocenters. The molecule has 3 aromatic heterocycles. The quantitative estimate of drug-likeness (QED) is 0.349. The van der Waals surface area contributed by atoms with Crippen molar-refractivity contribution in [2.24, 2.45) is 0 Å². The Kier molecular flexibility index (Phi) is 7.27. The van der Waals surface area contributed by atoms with Crippen molar-refractivity contribution in [2.45, 2.75) is 52.1 Å². The summed E-state index contributed by atoms with van der Waals surface area (Å²) in [6, 6.07) is 8.45. The van der Waals surface area contributed by atoms with Crippen molar-refractivity contribution in [1.82, 2.24) is 34.9 Å². The molecule has 0 radical (unpaired) electrons. The smallest absolute Gasteiger partial charge is 0.263 e. The summed E-state index contributed by atoms with van der Waals surface area (Å²) in [6.45, 7) is 10.9. The Labute approximate surface area is 227 Å². The molecular weight excluding hydrogens is 496 g/mol. The first kappa shape index (κ1) is 26.0. The monoisotopic (exact) mass is 530 g/mol. The van der Waals surface area contributed by atoms with Crippen molar-refractivity contribution in [3.63, 3.8) is 0 Å². The highest BCUT2D eigenvalue weighted by molar-refractivity contribution is 7.13. The Morgan fingerprint density at radius 1 is 1.18 bits per heavy atom. The zero-order valence-electron chi connectivity index (χ0n) is 22.5. The Morgan fingerprint density at radius 2 is 2.03 bits per heavy atom. The lowest BCUT2D eigenvalue weighted by Gasteiger charge is -2.13. The molecule has 0 spiro atoms. The van der Waals surface area contributed by atoms with E-state index in [0.29, 0.717) is 23.4 Å². The van der Waals surface area contributed by atoms with Crippen LogP contribution in [0.4, 0.5) is 11.6 Å². The molecule has 10 heteroatoms. The maximum Gasteiger partial charge on any atom is 0.263 e. The molecule has 38 heavy (non-hydrogen) atoms. The van der Waals surface area contributed by atoms with Gasteiger partial charge in [-0.25, -0.2) is 15.0 Å². The van der Waals surface area contributed by atoms with Gasteiger partial charge < -0.3 is 15.5 Å². The molecule has 198 valence electrons. The number of aryl methyl sites for hydroxylation is 1. The second-order valence-corrected chi connectivity index (χ2v) is 11.9. The molecule has 9 nitrogen and oxygen atoms in total. The molecule has 0 saturated carbocycles. The van der Waals surface area contributed by atoms with E-state index in [2.05, 4.69) is 64.5 Å². The topological polar surface area (TPSA) is 101 Å². The fourth-order valence-electron chi connectivity index (χ4n) is 4.48. The number of benzene rings is 1. The van der Waals surface area contributed by atoms with Crippen LogP contribution in [0.15, 0.2) is 49.1 Å². The number of aromatic nitrogens is 5. The highest BCUT2D eigenvalue weighted by atomic mass is 32.1. The van der Waals surface area contributed by atoms with Gasteiger partial charge in [-0.3, -0.25) is 9.48 Å².